The summed E-state index contributed by atoms with van der Waals surface area (Å²) in [6, 6.07) is 0. The fourth-order valence-electron chi connectivity index (χ4n) is 1.92. The fourth-order valence-corrected chi connectivity index (χ4v) is 2.25. The summed E-state index contributed by atoms with van der Waals surface area (Å²) >= 11 is 6.36. The third-order valence-electron chi connectivity index (χ3n) is 3.03. The zero-order chi connectivity index (χ0) is 14.4. The molecule has 19 heavy (non-hydrogen) atoms. The van der Waals surface area contributed by atoms with Crippen LogP contribution in [0.2, 0.25) is 5.02 Å². The van der Waals surface area contributed by atoms with Crippen LogP contribution in [0.25, 0.3) is 0 Å². The highest BCUT2D eigenvalue weighted by Gasteiger charge is 2.17. The number of aryl methyl sites for hydroxylation is 2. The summed E-state index contributed by atoms with van der Waals surface area (Å²) in [7, 11) is 0. The van der Waals surface area contributed by atoms with E-state index in [-0.39, 0.29) is 5.84 Å². The zero-order valence-corrected chi connectivity index (χ0v) is 12.5. The van der Waals surface area contributed by atoms with E-state index in [0.717, 1.165) is 35.9 Å². The molecule has 6 nitrogen and oxygen atoms in total. The number of halogens is 1. The molecule has 1 heterocycles. The van der Waals surface area contributed by atoms with Crippen molar-refractivity contribution in [2.24, 2.45) is 10.9 Å². The SMILES string of the molecule is CCc1nn(CC)c(CN(CC)CC(N)=NO)c1Cl. The van der Waals surface area contributed by atoms with E-state index in [4.69, 9.17) is 22.5 Å². The average molecular weight is 288 g/mol. The largest absolute Gasteiger partial charge is 0.409 e. The maximum Gasteiger partial charge on any atom is 0.153 e. The average Bonchev–Trinajstić information content (AvgIpc) is 2.73. The molecule has 0 aliphatic heterocycles. The van der Waals surface area contributed by atoms with E-state index in [1.54, 1.807) is 0 Å². The lowest BCUT2D eigenvalue weighted by atomic mass is 10.3. The van der Waals surface area contributed by atoms with Crippen LogP contribution in [0, 0.1) is 0 Å². The summed E-state index contributed by atoms with van der Waals surface area (Å²) in [5, 5.41) is 16.8. The van der Waals surface area contributed by atoms with Gasteiger partial charge in [0.15, 0.2) is 5.84 Å². The smallest absolute Gasteiger partial charge is 0.153 e. The molecule has 0 fully saturated rings. The molecule has 1 aromatic heterocycles. The molecule has 1 rings (SSSR count). The molecular weight excluding hydrogens is 266 g/mol. The van der Waals surface area contributed by atoms with Crippen molar-refractivity contribution in [1.82, 2.24) is 14.7 Å². The number of rotatable bonds is 7. The van der Waals surface area contributed by atoms with Crippen LogP contribution in [0.5, 0.6) is 0 Å². The molecule has 0 aliphatic carbocycles. The molecule has 0 bridgehead atoms. The van der Waals surface area contributed by atoms with Crippen LogP contribution in [0.4, 0.5) is 0 Å². The van der Waals surface area contributed by atoms with E-state index >= 15 is 0 Å². The third kappa shape index (κ3) is 3.84. The number of amidine groups is 1. The van der Waals surface area contributed by atoms with Gasteiger partial charge in [0, 0.05) is 13.1 Å². The van der Waals surface area contributed by atoms with Gasteiger partial charge < -0.3 is 10.9 Å². The lowest BCUT2D eigenvalue weighted by Crippen LogP contribution is -2.34. The third-order valence-corrected chi connectivity index (χ3v) is 3.47. The first-order chi connectivity index (χ1) is 9.07. The second-order valence-electron chi connectivity index (χ2n) is 4.27. The van der Waals surface area contributed by atoms with E-state index in [9.17, 15) is 0 Å². The van der Waals surface area contributed by atoms with Crippen LogP contribution < -0.4 is 5.73 Å². The molecule has 108 valence electrons. The van der Waals surface area contributed by atoms with Crippen LogP contribution in [-0.2, 0) is 19.5 Å². The van der Waals surface area contributed by atoms with Crippen LogP contribution in [0.3, 0.4) is 0 Å². The summed E-state index contributed by atoms with van der Waals surface area (Å²) < 4.78 is 1.91. The van der Waals surface area contributed by atoms with Crippen molar-refractivity contribution in [3.05, 3.63) is 16.4 Å². The Morgan fingerprint density at radius 1 is 1.47 bits per heavy atom. The Hall–Kier alpha value is -1.27. The quantitative estimate of drug-likeness (QED) is 0.346. The standard InChI is InChI=1S/C12H22ClN5O/c1-4-9-12(13)10(18(6-3)15-9)7-17(5-2)8-11(14)16-19/h19H,4-8H2,1-3H3,(H2,14,16). The molecule has 7 heteroatoms. The molecule has 0 atom stereocenters. The van der Waals surface area contributed by atoms with Crippen LogP contribution in [-0.4, -0.2) is 38.8 Å². The monoisotopic (exact) mass is 287 g/mol. The molecule has 0 amide bonds. The molecule has 0 saturated carbocycles. The number of hydrogen-bond acceptors (Lipinski definition) is 4. The lowest BCUT2D eigenvalue weighted by molar-refractivity contribution is 0.289. The zero-order valence-electron chi connectivity index (χ0n) is 11.7. The molecule has 0 unspecified atom stereocenters. The molecule has 1 aromatic rings. The first kappa shape index (κ1) is 15.8. The van der Waals surface area contributed by atoms with Gasteiger partial charge in [-0.1, -0.05) is 30.6 Å². The maximum atomic E-state index is 8.64. The highest BCUT2D eigenvalue weighted by atomic mass is 35.5. The van der Waals surface area contributed by atoms with Gasteiger partial charge in [0.25, 0.3) is 0 Å². The Balaban J connectivity index is 2.93. The van der Waals surface area contributed by atoms with Crippen molar-refractivity contribution >= 4 is 17.4 Å². The van der Waals surface area contributed by atoms with Gasteiger partial charge in [-0.3, -0.25) is 9.58 Å². The van der Waals surface area contributed by atoms with Crippen molar-refractivity contribution in [2.45, 2.75) is 40.3 Å². The van der Waals surface area contributed by atoms with Gasteiger partial charge in [0.05, 0.1) is 23.0 Å². The Morgan fingerprint density at radius 3 is 2.63 bits per heavy atom. The summed E-state index contributed by atoms with van der Waals surface area (Å²) in [5.41, 5.74) is 7.44. The van der Waals surface area contributed by atoms with Crippen molar-refractivity contribution < 1.29 is 5.21 Å². The van der Waals surface area contributed by atoms with E-state index in [1.165, 1.54) is 0 Å². The van der Waals surface area contributed by atoms with Crippen molar-refractivity contribution in [2.75, 3.05) is 13.1 Å². The second kappa shape index (κ2) is 7.35. The molecule has 3 N–H and O–H groups in total. The summed E-state index contributed by atoms with van der Waals surface area (Å²) in [6.45, 7) is 8.68. The van der Waals surface area contributed by atoms with E-state index < -0.39 is 0 Å². The number of likely N-dealkylation sites (N-methyl/N-ethyl adjacent to an activating group) is 1. The Labute approximate surface area is 118 Å². The number of oxime groups is 1. The van der Waals surface area contributed by atoms with Crippen LogP contribution in [0.15, 0.2) is 5.16 Å². The molecular formula is C12H22ClN5O. The number of aromatic nitrogens is 2. The predicted molar refractivity (Wildman–Crippen MR) is 76.6 cm³/mol. The second-order valence-corrected chi connectivity index (χ2v) is 4.65. The number of hydrogen-bond donors (Lipinski definition) is 2. The maximum absolute atomic E-state index is 8.64. The summed E-state index contributed by atoms with van der Waals surface area (Å²) in [5.74, 6) is 0.191. The van der Waals surface area contributed by atoms with Gasteiger partial charge >= 0.3 is 0 Å². The Bertz CT molecular complexity index is 444. The van der Waals surface area contributed by atoms with E-state index in [1.807, 2.05) is 30.4 Å². The van der Waals surface area contributed by atoms with Gasteiger partial charge in [-0.25, -0.2) is 0 Å². The lowest BCUT2D eigenvalue weighted by Gasteiger charge is -2.20. The van der Waals surface area contributed by atoms with Gasteiger partial charge in [-0.2, -0.15) is 5.10 Å². The minimum absolute atomic E-state index is 0.191. The van der Waals surface area contributed by atoms with Crippen molar-refractivity contribution in [3.8, 4) is 0 Å². The highest BCUT2D eigenvalue weighted by molar-refractivity contribution is 6.31. The molecule has 0 spiro atoms. The van der Waals surface area contributed by atoms with Crippen LogP contribution >= 0.6 is 11.6 Å². The number of nitrogens with zero attached hydrogens (tertiary/aromatic N) is 4. The Kier molecular flexibility index (Phi) is 6.11. The molecule has 0 aliphatic rings. The molecule has 0 radical (unpaired) electrons. The normalized spacial score (nSPS) is 12.4. The first-order valence-corrected chi connectivity index (χ1v) is 6.87. The topological polar surface area (TPSA) is 79.7 Å². The van der Waals surface area contributed by atoms with Gasteiger partial charge in [0.2, 0.25) is 0 Å². The highest BCUT2D eigenvalue weighted by Crippen LogP contribution is 2.22. The van der Waals surface area contributed by atoms with Gasteiger partial charge in [-0.15, -0.1) is 0 Å². The number of nitrogens with two attached hydrogens (primary N) is 1. The Morgan fingerprint density at radius 2 is 2.16 bits per heavy atom. The molecule has 0 saturated heterocycles. The van der Waals surface area contributed by atoms with Gasteiger partial charge in [-0.05, 0) is 19.9 Å². The minimum Gasteiger partial charge on any atom is -0.409 e. The molecule has 0 aromatic carbocycles. The summed E-state index contributed by atoms with van der Waals surface area (Å²) in [6.07, 6.45) is 0.811. The first-order valence-electron chi connectivity index (χ1n) is 6.50. The summed E-state index contributed by atoms with van der Waals surface area (Å²) in [4.78, 5) is 2.05. The minimum atomic E-state index is 0.191. The van der Waals surface area contributed by atoms with Crippen molar-refractivity contribution in [3.63, 3.8) is 0 Å². The van der Waals surface area contributed by atoms with Gasteiger partial charge in [0.1, 0.15) is 0 Å². The predicted octanol–water partition coefficient (Wildman–Crippen LogP) is 1.69. The van der Waals surface area contributed by atoms with Crippen LogP contribution in [0.1, 0.15) is 32.2 Å². The van der Waals surface area contributed by atoms with E-state index in [2.05, 4.69) is 10.3 Å². The van der Waals surface area contributed by atoms with E-state index in [0.29, 0.717) is 13.1 Å². The van der Waals surface area contributed by atoms with Crippen molar-refractivity contribution in [1.29, 1.82) is 0 Å². The fraction of sp³-hybridized carbons (Fsp3) is 0.667.